The lowest BCUT2D eigenvalue weighted by Crippen LogP contribution is -2.31. The van der Waals surface area contributed by atoms with Crippen LogP contribution in [0, 0.1) is 11.3 Å². The summed E-state index contributed by atoms with van der Waals surface area (Å²) >= 11 is 1.13. The summed E-state index contributed by atoms with van der Waals surface area (Å²) in [4.78, 5) is 24.6. The zero-order valence-corrected chi connectivity index (χ0v) is 17.4. The maximum absolute atomic E-state index is 12.3. The molecular weight excluding hydrogens is 402 g/mol. The molecule has 0 aliphatic carbocycles. The average Bonchev–Trinajstić information content (AvgIpc) is 2.77. The molecule has 2 N–H and O–H groups in total. The molecule has 0 unspecified atom stereocenters. The van der Waals surface area contributed by atoms with Crippen molar-refractivity contribution in [3.8, 4) is 17.6 Å². The van der Waals surface area contributed by atoms with Crippen molar-refractivity contribution >= 4 is 29.3 Å². The van der Waals surface area contributed by atoms with E-state index in [1.807, 2.05) is 24.3 Å². The summed E-state index contributed by atoms with van der Waals surface area (Å²) in [5, 5.41) is 15.7. The van der Waals surface area contributed by atoms with Crippen molar-refractivity contribution < 1.29 is 19.1 Å². The van der Waals surface area contributed by atoms with Crippen molar-refractivity contribution in [1.29, 1.82) is 5.26 Å². The number of nitriles is 1. The monoisotopic (exact) mass is 423 g/mol. The molecule has 7 nitrogen and oxygen atoms in total. The number of rotatable bonds is 7. The van der Waals surface area contributed by atoms with E-state index >= 15 is 0 Å². The zero-order valence-electron chi connectivity index (χ0n) is 16.6. The minimum absolute atomic E-state index is 0.0638. The number of para-hydroxylation sites is 1. The van der Waals surface area contributed by atoms with Crippen LogP contribution >= 0.6 is 11.8 Å². The second-order valence-corrected chi connectivity index (χ2v) is 7.46. The Morgan fingerprint density at radius 1 is 1.20 bits per heavy atom. The molecule has 1 atom stereocenters. The van der Waals surface area contributed by atoms with E-state index in [1.165, 1.54) is 7.11 Å². The van der Waals surface area contributed by atoms with Crippen molar-refractivity contribution in [3.63, 3.8) is 0 Å². The average molecular weight is 423 g/mol. The Morgan fingerprint density at radius 2 is 1.93 bits per heavy atom. The van der Waals surface area contributed by atoms with Gasteiger partial charge in [-0.05, 0) is 29.8 Å². The molecule has 154 valence electrons. The highest BCUT2D eigenvalue weighted by molar-refractivity contribution is 8.03. The summed E-state index contributed by atoms with van der Waals surface area (Å²) < 4.78 is 10.6. The largest absolute Gasteiger partial charge is 0.493 e. The van der Waals surface area contributed by atoms with Crippen LogP contribution in [-0.2, 0) is 9.59 Å². The number of amides is 2. The van der Waals surface area contributed by atoms with Gasteiger partial charge in [0.2, 0.25) is 11.8 Å². The molecule has 0 aromatic heterocycles. The molecule has 0 bridgehead atoms. The third-order valence-electron chi connectivity index (χ3n) is 4.57. The minimum Gasteiger partial charge on any atom is -0.493 e. The molecule has 0 fully saturated rings. The number of carbonyl (C=O) groups excluding carboxylic acids is 2. The first-order valence-electron chi connectivity index (χ1n) is 9.19. The lowest BCUT2D eigenvalue weighted by molar-refractivity contribution is -0.121. The molecule has 0 saturated heterocycles. The molecule has 1 aliphatic heterocycles. The molecular formula is C22H21N3O4S. The fourth-order valence-electron chi connectivity index (χ4n) is 3.14. The van der Waals surface area contributed by atoms with Gasteiger partial charge in [-0.3, -0.25) is 9.59 Å². The first-order chi connectivity index (χ1) is 14.5. The molecule has 0 radical (unpaired) electrons. The normalized spacial score (nSPS) is 15.8. The van der Waals surface area contributed by atoms with Crippen molar-refractivity contribution in [1.82, 2.24) is 5.32 Å². The van der Waals surface area contributed by atoms with Crippen LogP contribution in [0.5, 0.6) is 11.5 Å². The number of nitrogens with one attached hydrogen (secondary N) is 2. The summed E-state index contributed by atoms with van der Waals surface area (Å²) in [6.45, 7) is 0. The number of benzene rings is 2. The van der Waals surface area contributed by atoms with Gasteiger partial charge in [0.05, 0.1) is 36.6 Å². The highest BCUT2D eigenvalue weighted by Crippen LogP contribution is 2.39. The summed E-state index contributed by atoms with van der Waals surface area (Å²) in [6, 6.07) is 16.6. The van der Waals surface area contributed by atoms with E-state index < -0.39 is 5.92 Å². The van der Waals surface area contributed by atoms with Crippen molar-refractivity contribution in [2.45, 2.75) is 12.3 Å². The number of hydrogen-bond acceptors (Lipinski definition) is 6. The molecule has 0 spiro atoms. The predicted octanol–water partition coefficient (Wildman–Crippen LogP) is 3.41. The van der Waals surface area contributed by atoms with E-state index in [2.05, 4.69) is 16.7 Å². The number of carbonyl (C=O) groups is 2. The van der Waals surface area contributed by atoms with E-state index in [1.54, 1.807) is 31.4 Å². The SMILES string of the molecule is COc1ccc([C@@H]2CC(=O)NC(SCC(=O)Nc3ccccc3)=C2C#N)cc1OC. The molecule has 1 heterocycles. The Bertz CT molecular complexity index is 1010. The van der Waals surface area contributed by atoms with Gasteiger partial charge < -0.3 is 20.1 Å². The minimum atomic E-state index is -0.428. The fourth-order valence-corrected chi connectivity index (χ4v) is 4.02. The number of nitrogens with zero attached hydrogens (tertiary/aromatic N) is 1. The van der Waals surface area contributed by atoms with Crippen LogP contribution in [0.4, 0.5) is 5.69 Å². The second-order valence-electron chi connectivity index (χ2n) is 6.48. The van der Waals surface area contributed by atoms with E-state index in [9.17, 15) is 14.9 Å². The Balaban J connectivity index is 1.80. The van der Waals surface area contributed by atoms with Gasteiger partial charge in [0.25, 0.3) is 0 Å². The van der Waals surface area contributed by atoms with E-state index in [0.29, 0.717) is 27.8 Å². The molecule has 1 aliphatic rings. The standard InChI is InChI=1S/C22H21N3O4S/c1-28-18-9-8-14(10-19(18)29-2)16-11-20(26)25-22(17(16)12-23)30-13-21(27)24-15-6-4-3-5-7-15/h3-10,16H,11,13H2,1-2H3,(H,24,27)(H,25,26)/t16-/m0/s1. The number of allylic oxidation sites excluding steroid dienone is 1. The maximum atomic E-state index is 12.3. The van der Waals surface area contributed by atoms with Crippen molar-refractivity contribution in [3.05, 3.63) is 64.7 Å². The summed E-state index contributed by atoms with van der Waals surface area (Å²) in [5.41, 5.74) is 1.87. The number of thioether (sulfide) groups is 1. The number of anilines is 1. The van der Waals surface area contributed by atoms with Crippen LogP contribution in [0.25, 0.3) is 0 Å². The second kappa shape index (κ2) is 9.85. The Kier molecular flexibility index (Phi) is 6.99. The highest BCUT2D eigenvalue weighted by atomic mass is 32.2. The maximum Gasteiger partial charge on any atom is 0.234 e. The van der Waals surface area contributed by atoms with Crippen molar-refractivity contribution in [2.75, 3.05) is 25.3 Å². The molecule has 2 aromatic rings. The van der Waals surface area contributed by atoms with Crippen LogP contribution in [0.3, 0.4) is 0 Å². The van der Waals surface area contributed by atoms with Gasteiger partial charge in [0.15, 0.2) is 11.5 Å². The van der Waals surface area contributed by atoms with Gasteiger partial charge in [-0.25, -0.2) is 0 Å². The van der Waals surface area contributed by atoms with Gasteiger partial charge in [-0.15, -0.1) is 0 Å². The molecule has 3 rings (SSSR count). The van der Waals surface area contributed by atoms with Gasteiger partial charge in [0, 0.05) is 18.0 Å². The van der Waals surface area contributed by atoms with Crippen LogP contribution < -0.4 is 20.1 Å². The topological polar surface area (TPSA) is 100 Å². The van der Waals surface area contributed by atoms with Crippen LogP contribution in [0.15, 0.2) is 59.1 Å². The lowest BCUT2D eigenvalue weighted by atomic mass is 9.87. The van der Waals surface area contributed by atoms with Gasteiger partial charge >= 0.3 is 0 Å². The van der Waals surface area contributed by atoms with E-state index in [4.69, 9.17) is 9.47 Å². The smallest absolute Gasteiger partial charge is 0.234 e. The van der Waals surface area contributed by atoms with Gasteiger partial charge in [0.1, 0.15) is 0 Å². The quantitative estimate of drug-likeness (QED) is 0.708. The lowest BCUT2D eigenvalue weighted by Gasteiger charge is -2.25. The van der Waals surface area contributed by atoms with Crippen LogP contribution in [0.2, 0.25) is 0 Å². The number of ether oxygens (including phenoxy) is 2. The van der Waals surface area contributed by atoms with E-state index in [-0.39, 0.29) is 24.0 Å². The molecule has 30 heavy (non-hydrogen) atoms. The van der Waals surface area contributed by atoms with Crippen LogP contribution in [-0.4, -0.2) is 31.8 Å². The summed E-state index contributed by atoms with van der Waals surface area (Å²) in [7, 11) is 3.07. The molecule has 8 heteroatoms. The zero-order chi connectivity index (χ0) is 21.5. The Labute approximate surface area is 179 Å². The third-order valence-corrected chi connectivity index (χ3v) is 5.59. The van der Waals surface area contributed by atoms with Gasteiger partial charge in [-0.1, -0.05) is 36.0 Å². The first-order valence-corrected chi connectivity index (χ1v) is 10.2. The number of methoxy groups -OCH3 is 2. The summed E-state index contributed by atoms with van der Waals surface area (Å²) in [6.07, 6.45) is 0.138. The van der Waals surface area contributed by atoms with Gasteiger partial charge in [-0.2, -0.15) is 5.26 Å². The van der Waals surface area contributed by atoms with Crippen molar-refractivity contribution in [2.24, 2.45) is 0 Å². The third kappa shape index (κ3) is 4.93. The Hall–Kier alpha value is -3.44. The summed E-state index contributed by atoms with van der Waals surface area (Å²) in [5.74, 6) is 0.293. The predicted molar refractivity (Wildman–Crippen MR) is 115 cm³/mol. The first kappa shape index (κ1) is 21.3. The molecule has 2 aromatic carbocycles. The molecule has 0 saturated carbocycles. The fraction of sp³-hybridized carbons (Fsp3) is 0.227. The number of hydrogen-bond donors (Lipinski definition) is 2. The Morgan fingerprint density at radius 3 is 2.60 bits per heavy atom. The van der Waals surface area contributed by atoms with E-state index in [0.717, 1.165) is 17.3 Å². The van der Waals surface area contributed by atoms with Crippen LogP contribution in [0.1, 0.15) is 17.9 Å². The highest BCUT2D eigenvalue weighted by Gasteiger charge is 2.30. The molecule has 2 amide bonds.